The van der Waals surface area contributed by atoms with Crippen molar-refractivity contribution in [2.75, 3.05) is 53.0 Å². The van der Waals surface area contributed by atoms with Gasteiger partial charge in [0.25, 0.3) is 0 Å². The van der Waals surface area contributed by atoms with Crippen LogP contribution in [-0.4, -0.2) is 70.0 Å². The first-order valence-electron chi connectivity index (χ1n) is 6.56. The molecule has 1 heterocycles. The van der Waals surface area contributed by atoms with Crippen LogP contribution in [0.25, 0.3) is 0 Å². The van der Waals surface area contributed by atoms with Crippen LogP contribution >= 0.6 is 0 Å². The number of hydrogen-bond acceptors (Lipinski definition) is 5. The maximum Gasteiger partial charge on any atom is 0.222 e. The number of carbonyl (C=O) groups excluding carboxylic acids is 1. The van der Waals surface area contributed by atoms with Gasteiger partial charge in [0.05, 0.1) is 25.7 Å². The number of nitrogens with one attached hydrogen (secondary N) is 1. The molecular weight excluding hydrogens is 234 g/mol. The Hall–Kier alpha value is -0.690. The monoisotopic (exact) mass is 259 g/mol. The van der Waals surface area contributed by atoms with Gasteiger partial charge in [0, 0.05) is 33.3 Å². The van der Waals surface area contributed by atoms with Gasteiger partial charge in [-0.15, -0.1) is 0 Å². The molecule has 6 heteroatoms. The predicted octanol–water partition coefficient (Wildman–Crippen LogP) is -0.811. The molecule has 1 saturated heterocycles. The van der Waals surface area contributed by atoms with Gasteiger partial charge in [0.1, 0.15) is 0 Å². The summed E-state index contributed by atoms with van der Waals surface area (Å²) >= 11 is 0. The van der Waals surface area contributed by atoms with E-state index >= 15 is 0 Å². The molecule has 1 aliphatic rings. The largest absolute Gasteiger partial charge is 0.380 e. The number of nitrogens with zero attached hydrogens (tertiary/aromatic N) is 1. The van der Waals surface area contributed by atoms with Crippen LogP contribution in [0.1, 0.15) is 12.8 Å². The highest BCUT2D eigenvalue weighted by Crippen LogP contribution is 1.98. The summed E-state index contributed by atoms with van der Waals surface area (Å²) in [4.78, 5) is 13.9. The van der Waals surface area contributed by atoms with E-state index in [0.717, 1.165) is 39.3 Å². The van der Waals surface area contributed by atoms with E-state index < -0.39 is 0 Å². The van der Waals surface area contributed by atoms with Gasteiger partial charge in [-0.05, 0) is 13.0 Å². The second-order valence-electron chi connectivity index (χ2n) is 4.46. The fourth-order valence-corrected chi connectivity index (χ4v) is 1.90. The fraction of sp³-hybridized carbons (Fsp3) is 0.917. The Kier molecular flexibility index (Phi) is 7.91. The van der Waals surface area contributed by atoms with Crippen LogP contribution in [0.4, 0.5) is 0 Å². The molecule has 0 spiro atoms. The van der Waals surface area contributed by atoms with Crippen LogP contribution in [0.5, 0.6) is 0 Å². The van der Waals surface area contributed by atoms with Crippen LogP contribution in [0.3, 0.4) is 0 Å². The van der Waals surface area contributed by atoms with Gasteiger partial charge >= 0.3 is 0 Å². The van der Waals surface area contributed by atoms with E-state index in [9.17, 15) is 4.79 Å². The molecule has 1 fully saturated rings. The van der Waals surface area contributed by atoms with E-state index in [0.29, 0.717) is 19.5 Å². The van der Waals surface area contributed by atoms with Crippen molar-refractivity contribution in [2.45, 2.75) is 18.9 Å². The molecule has 3 N–H and O–H groups in total. The second-order valence-corrected chi connectivity index (χ2v) is 4.46. The summed E-state index contributed by atoms with van der Waals surface area (Å²) in [6, 6.07) is 0. The van der Waals surface area contributed by atoms with Crippen LogP contribution in [0.15, 0.2) is 0 Å². The van der Waals surface area contributed by atoms with Gasteiger partial charge in [0.2, 0.25) is 5.91 Å². The van der Waals surface area contributed by atoms with Gasteiger partial charge in [-0.2, -0.15) is 0 Å². The molecule has 1 aliphatic heterocycles. The van der Waals surface area contributed by atoms with E-state index in [1.807, 2.05) is 0 Å². The standard InChI is InChI=1S/C12H25N3O3/c1-17-11(10-13)9-12(16)14-3-2-4-15-5-7-18-8-6-15/h11H,2-10,13H2,1H3,(H,14,16). The Balaban J connectivity index is 2.01. The first kappa shape index (κ1) is 15.4. The summed E-state index contributed by atoms with van der Waals surface area (Å²) in [7, 11) is 1.57. The molecule has 106 valence electrons. The summed E-state index contributed by atoms with van der Waals surface area (Å²) < 4.78 is 10.3. The molecule has 1 unspecified atom stereocenters. The predicted molar refractivity (Wildman–Crippen MR) is 69.4 cm³/mol. The first-order chi connectivity index (χ1) is 8.76. The molecule has 18 heavy (non-hydrogen) atoms. The van der Waals surface area contributed by atoms with E-state index in [-0.39, 0.29) is 12.0 Å². The smallest absolute Gasteiger partial charge is 0.222 e. The Morgan fingerprint density at radius 1 is 1.50 bits per heavy atom. The summed E-state index contributed by atoms with van der Waals surface area (Å²) in [5, 5.41) is 2.89. The third kappa shape index (κ3) is 6.30. The third-order valence-electron chi connectivity index (χ3n) is 3.09. The normalized spacial score (nSPS) is 18.6. The number of rotatable bonds is 8. The topological polar surface area (TPSA) is 76.8 Å². The zero-order valence-corrected chi connectivity index (χ0v) is 11.2. The molecule has 0 saturated carbocycles. The van der Waals surface area contributed by atoms with Crippen LogP contribution in [0.2, 0.25) is 0 Å². The molecule has 6 nitrogen and oxygen atoms in total. The zero-order valence-electron chi connectivity index (χ0n) is 11.2. The third-order valence-corrected chi connectivity index (χ3v) is 3.09. The maximum atomic E-state index is 11.5. The molecule has 0 bridgehead atoms. The lowest BCUT2D eigenvalue weighted by Crippen LogP contribution is -2.38. The van der Waals surface area contributed by atoms with Crippen molar-refractivity contribution in [1.29, 1.82) is 0 Å². The highest BCUT2D eigenvalue weighted by molar-refractivity contribution is 5.76. The molecule has 0 aliphatic carbocycles. The first-order valence-corrected chi connectivity index (χ1v) is 6.56. The summed E-state index contributed by atoms with van der Waals surface area (Å²) in [5.74, 6) is 0.00859. The van der Waals surface area contributed by atoms with E-state index in [1.54, 1.807) is 7.11 Å². The average Bonchev–Trinajstić information content (AvgIpc) is 2.42. The van der Waals surface area contributed by atoms with E-state index in [1.165, 1.54) is 0 Å². The van der Waals surface area contributed by atoms with Crippen molar-refractivity contribution in [3.63, 3.8) is 0 Å². The number of carbonyl (C=O) groups is 1. The van der Waals surface area contributed by atoms with Crippen molar-refractivity contribution in [1.82, 2.24) is 10.2 Å². The molecule has 1 amide bonds. The lowest BCUT2D eigenvalue weighted by Gasteiger charge is -2.26. The van der Waals surface area contributed by atoms with E-state index in [2.05, 4.69) is 10.2 Å². The summed E-state index contributed by atoms with van der Waals surface area (Å²) in [5.41, 5.74) is 5.46. The highest BCUT2D eigenvalue weighted by atomic mass is 16.5. The summed E-state index contributed by atoms with van der Waals surface area (Å²) in [6.07, 6.45) is 1.13. The highest BCUT2D eigenvalue weighted by Gasteiger charge is 2.12. The quantitative estimate of drug-likeness (QED) is 0.558. The van der Waals surface area contributed by atoms with Gasteiger partial charge in [-0.3, -0.25) is 9.69 Å². The summed E-state index contributed by atoms with van der Waals surface area (Å²) in [6.45, 7) is 5.71. The molecule has 0 aromatic rings. The number of nitrogens with two attached hydrogens (primary N) is 1. The molecule has 1 rings (SSSR count). The van der Waals surface area contributed by atoms with Crippen molar-refractivity contribution < 1.29 is 14.3 Å². The Labute approximate surface area is 109 Å². The van der Waals surface area contributed by atoms with Crippen LogP contribution in [0, 0.1) is 0 Å². The maximum absolute atomic E-state index is 11.5. The molecule has 0 aromatic heterocycles. The van der Waals surface area contributed by atoms with Gasteiger partial charge in [-0.25, -0.2) is 0 Å². The molecule has 1 atom stereocenters. The number of ether oxygens (including phenoxy) is 2. The number of methoxy groups -OCH3 is 1. The van der Waals surface area contributed by atoms with E-state index in [4.69, 9.17) is 15.2 Å². The van der Waals surface area contributed by atoms with Crippen LogP contribution < -0.4 is 11.1 Å². The van der Waals surface area contributed by atoms with Crippen molar-refractivity contribution >= 4 is 5.91 Å². The van der Waals surface area contributed by atoms with Crippen molar-refractivity contribution in [3.8, 4) is 0 Å². The number of hydrogen-bond donors (Lipinski definition) is 2. The zero-order chi connectivity index (χ0) is 13.2. The van der Waals surface area contributed by atoms with Gasteiger partial charge < -0.3 is 20.5 Å². The number of morpholine rings is 1. The van der Waals surface area contributed by atoms with Gasteiger partial charge in [-0.1, -0.05) is 0 Å². The van der Waals surface area contributed by atoms with Crippen molar-refractivity contribution in [3.05, 3.63) is 0 Å². The van der Waals surface area contributed by atoms with Gasteiger partial charge in [0.15, 0.2) is 0 Å². The number of amides is 1. The minimum atomic E-state index is -0.177. The Morgan fingerprint density at radius 2 is 2.22 bits per heavy atom. The second kappa shape index (κ2) is 9.27. The van der Waals surface area contributed by atoms with Crippen LogP contribution in [-0.2, 0) is 14.3 Å². The Bertz CT molecular complexity index is 229. The minimum absolute atomic E-state index is 0.00859. The van der Waals surface area contributed by atoms with Crippen molar-refractivity contribution in [2.24, 2.45) is 5.73 Å². The average molecular weight is 259 g/mol. The lowest BCUT2D eigenvalue weighted by molar-refractivity contribution is -0.123. The lowest BCUT2D eigenvalue weighted by atomic mass is 10.2. The molecule has 0 aromatic carbocycles. The fourth-order valence-electron chi connectivity index (χ4n) is 1.90. The SMILES string of the molecule is COC(CN)CC(=O)NCCCN1CCOCC1. The minimum Gasteiger partial charge on any atom is -0.380 e. The molecule has 0 radical (unpaired) electrons. The Morgan fingerprint density at radius 3 is 2.83 bits per heavy atom. The molecular formula is C12H25N3O3.